The van der Waals surface area contributed by atoms with Crippen molar-refractivity contribution in [1.82, 2.24) is 109 Å². The SMILES string of the molecule is Cc1cc(C)nc(NC2CC3CC2N(C(=O)c2ccc(C)nc2-c2ncccn2)C3)n1.Cc1ccc(C(=O)N2CC3CC(Nc4ccc(C(F)F)cn4)C2C3)c(-c2ncccn2)n1.Cc1ccc(NC2CC3CC2N(C(=O)c2ccc(C)nc2-c2ncccn2)C3)nc1.Cc1cnc(C(=O)N2CC3CC(Nc4nc(C)cc(C)n4)C2C3)c(-c2ncccn2)c1. The Morgan fingerprint density at radius 2 is 0.661 bits per heavy atom. The van der Waals surface area contributed by atoms with Gasteiger partial charge in [0.25, 0.3) is 30.1 Å². The largest absolute Gasteiger partial charge is 0.365 e. The number of aromatic nitrogens is 18. The van der Waals surface area contributed by atoms with Crippen molar-refractivity contribution in [2.75, 3.05) is 47.4 Å². The van der Waals surface area contributed by atoms with E-state index in [1.54, 1.807) is 92.2 Å². The van der Waals surface area contributed by atoms with Crippen molar-refractivity contribution in [3.05, 3.63) is 250 Å². The zero-order valence-corrected chi connectivity index (χ0v) is 70.4. The lowest BCUT2D eigenvalue weighted by Crippen LogP contribution is -2.48. The Bertz CT molecular complexity index is 5680. The van der Waals surface area contributed by atoms with Crippen molar-refractivity contribution in [2.45, 2.75) is 168 Å². The maximum absolute atomic E-state index is 13.6. The first-order valence-electron chi connectivity index (χ1n) is 42.1. The molecule has 0 aromatic carbocycles. The van der Waals surface area contributed by atoms with Crippen LogP contribution in [0.1, 0.15) is 156 Å². The Kier molecular flexibility index (Phi) is 23.8. The quantitative estimate of drug-likeness (QED) is 0.0658. The van der Waals surface area contributed by atoms with Gasteiger partial charge in [-0.15, -0.1) is 0 Å². The van der Waals surface area contributed by atoms with Gasteiger partial charge in [-0.25, -0.2) is 93.5 Å². The predicted molar refractivity (Wildman–Crippen MR) is 461 cm³/mol. The Labute approximate surface area is 716 Å². The molecule has 4 aliphatic carbocycles. The van der Waals surface area contributed by atoms with Crippen LogP contribution in [0.15, 0.2) is 171 Å². The van der Waals surface area contributed by atoms with E-state index in [1.165, 1.54) is 12.3 Å². The van der Waals surface area contributed by atoms with Crippen LogP contribution in [0.25, 0.3) is 45.9 Å². The summed E-state index contributed by atoms with van der Waals surface area (Å²) in [7, 11) is 0. The minimum Gasteiger partial charge on any atom is -0.365 e. The molecular weight excluding hydrogens is 1570 g/mol. The molecule has 632 valence electrons. The number of hydrogen-bond acceptors (Lipinski definition) is 26. The topological polar surface area (TPSA) is 361 Å². The van der Waals surface area contributed by atoms with Crippen LogP contribution in [0.5, 0.6) is 0 Å². The molecule has 20 rings (SSSR count). The van der Waals surface area contributed by atoms with Crippen molar-refractivity contribution in [3.8, 4) is 45.9 Å². The van der Waals surface area contributed by atoms with E-state index in [2.05, 4.69) is 117 Å². The molecule has 8 bridgehead atoms. The normalized spacial score (nSPS) is 22.1. The number of likely N-dealkylation sites (tertiary alicyclic amines) is 4. The minimum absolute atomic E-state index is 0.000758. The lowest BCUT2D eigenvalue weighted by Gasteiger charge is -2.34. The number of rotatable bonds is 17. The average Bonchev–Trinajstić information content (AvgIpc) is 1.63. The molecule has 4 aliphatic heterocycles. The smallest absolute Gasteiger partial charge is 0.273 e. The van der Waals surface area contributed by atoms with E-state index >= 15 is 0 Å². The molecule has 16 heterocycles. The molecule has 12 atom stereocenters. The molecule has 12 aromatic heterocycles. The van der Waals surface area contributed by atoms with E-state index in [1.807, 2.05) is 143 Å². The molecule has 8 fully saturated rings. The van der Waals surface area contributed by atoms with Gasteiger partial charge >= 0.3 is 0 Å². The zero-order valence-electron chi connectivity index (χ0n) is 70.4. The fourth-order valence-electron chi connectivity index (χ4n) is 19.0. The number of fused-ring (bicyclic) bond motifs is 8. The van der Waals surface area contributed by atoms with Gasteiger partial charge in [-0.3, -0.25) is 24.2 Å². The van der Waals surface area contributed by atoms with Gasteiger partial charge in [0.2, 0.25) is 11.9 Å². The van der Waals surface area contributed by atoms with Crippen LogP contribution >= 0.6 is 0 Å². The maximum Gasteiger partial charge on any atom is 0.273 e. The number of carbonyl (C=O) groups is 4. The highest BCUT2D eigenvalue weighted by molar-refractivity contribution is 6.02. The van der Waals surface area contributed by atoms with Crippen molar-refractivity contribution in [2.24, 2.45) is 23.7 Å². The highest BCUT2D eigenvalue weighted by atomic mass is 19.3. The third-order valence-electron chi connectivity index (χ3n) is 24.3. The Morgan fingerprint density at radius 3 is 0.992 bits per heavy atom. The highest BCUT2D eigenvalue weighted by Crippen LogP contribution is 2.45. The number of amides is 4. The first-order chi connectivity index (χ1) is 60.0. The third-order valence-corrected chi connectivity index (χ3v) is 24.3. The van der Waals surface area contributed by atoms with Crippen LogP contribution in [-0.4, -0.2) is 207 Å². The summed E-state index contributed by atoms with van der Waals surface area (Å²) in [4.78, 5) is 142. The van der Waals surface area contributed by atoms with Gasteiger partial charge in [0, 0.05) is 164 Å². The molecule has 12 unspecified atom stereocenters. The lowest BCUT2D eigenvalue weighted by molar-refractivity contribution is 0.0681. The van der Waals surface area contributed by atoms with Gasteiger partial charge < -0.3 is 40.9 Å². The first kappa shape index (κ1) is 82.6. The zero-order chi connectivity index (χ0) is 86.0. The van der Waals surface area contributed by atoms with Crippen molar-refractivity contribution >= 4 is 47.2 Å². The summed E-state index contributed by atoms with van der Waals surface area (Å²) in [6.07, 6.45) is 23.4. The van der Waals surface area contributed by atoms with E-state index in [0.29, 0.717) is 116 Å². The number of anilines is 4. The lowest BCUT2D eigenvalue weighted by atomic mass is 10.0. The molecular formula is C92H96F2N26O4. The summed E-state index contributed by atoms with van der Waals surface area (Å²) in [6.45, 7) is 20.5. The van der Waals surface area contributed by atoms with E-state index in [9.17, 15) is 28.0 Å². The predicted octanol–water partition coefficient (Wildman–Crippen LogP) is 13.1. The summed E-state index contributed by atoms with van der Waals surface area (Å²) < 4.78 is 25.6. The summed E-state index contributed by atoms with van der Waals surface area (Å²) in [5, 5.41) is 13.9. The number of hydrogen-bond donors (Lipinski definition) is 4. The van der Waals surface area contributed by atoms with Gasteiger partial charge in [0.15, 0.2) is 23.3 Å². The molecule has 4 amide bonds. The number of pyridine rings is 6. The molecule has 8 aliphatic rings. The molecule has 30 nitrogen and oxygen atoms in total. The average molecular weight is 1670 g/mol. The summed E-state index contributed by atoms with van der Waals surface area (Å²) in [6, 6.07) is 31.7. The number of aryl methyl sites for hydroxylation is 9. The molecule has 12 aromatic rings. The Morgan fingerprint density at radius 1 is 0.331 bits per heavy atom. The van der Waals surface area contributed by atoms with Crippen LogP contribution in [0, 0.1) is 86.0 Å². The monoisotopic (exact) mass is 1670 g/mol. The Balaban J connectivity index is 0.000000117. The van der Waals surface area contributed by atoms with Crippen LogP contribution in [0.2, 0.25) is 0 Å². The highest BCUT2D eigenvalue weighted by Gasteiger charge is 2.52. The Hall–Kier alpha value is -13.7. The minimum atomic E-state index is -2.54. The summed E-state index contributed by atoms with van der Waals surface area (Å²) in [5.41, 5.74) is 12.4. The second kappa shape index (κ2) is 35.8. The van der Waals surface area contributed by atoms with Crippen molar-refractivity contribution in [3.63, 3.8) is 0 Å². The standard InChI is InChI=1S/C23H22F2N6O.2C23H25N7O.C23H24N6O/c1-13-3-5-16(20(29-13)22-26-7-2-8-27-22)23(32)31-12-14-9-17(18(31)10-14)30-19-6-4-15(11-28-19)21(24)25;1-13-5-6-17(20(26-13)21-24-7-4-8-25-21)22(31)30-12-16-10-18(19(30)11-16)29-23-27-14(2)9-15(3)28-23;1-13-7-17(21-24-5-4-6-25-21)20(26-11-13)22(31)30-12-16-9-18(19(30)10-16)29-23-27-14(2)8-15(3)28-23;1-14-4-7-20(26-12-14)28-18-10-16-11-19(18)29(13-16)23(30)17-6-5-15(2)27-21(17)22-24-8-3-9-25-22/h2-8,11,14,17-18,21H,9-10,12H2,1H3,(H,28,30);4-9,16,18-19H,10-12H2,1-3H3,(H,27,28,29);4-8,11,16,18-19H,9-10,12H2,1-3H3,(H,27,28,29);3-9,12,16,18-19H,10-11,13H2,1-2H3,(H,26,28). The number of halogens is 2. The van der Waals surface area contributed by atoms with Gasteiger partial charge in [-0.1, -0.05) is 6.07 Å². The maximum atomic E-state index is 13.6. The summed E-state index contributed by atoms with van der Waals surface area (Å²) in [5.74, 6) is 6.22. The number of nitrogens with zero attached hydrogens (tertiary/aromatic N) is 22. The van der Waals surface area contributed by atoms with E-state index in [4.69, 9.17) is 0 Å². The molecule has 32 heteroatoms. The second-order valence-corrected chi connectivity index (χ2v) is 33.6. The molecule has 4 saturated carbocycles. The summed E-state index contributed by atoms with van der Waals surface area (Å²) >= 11 is 0. The van der Waals surface area contributed by atoms with Gasteiger partial charge in [-0.2, -0.15) is 0 Å². The molecule has 4 N–H and O–H groups in total. The van der Waals surface area contributed by atoms with Crippen molar-refractivity contribution < 1.29 is 28.0 Å². The van der Waals surface area contributed by atoms with Crippen LogP contribution in [0.4, 0.5) is 32.3 Å². The number of carbonyl (C=O) groups excluding carboxylic acids is 4. The van der Waals surface area contributed by atoms with Crippen LogP contribution in [0.3, 0.4) is 0 Å². The van der Waals surface area contributed by atoms with Gasteiger partial charge in [0.05, 0.1) is 46.4 Å². The molecule has 0 radical (unpaired) electrons. The van der Waals surface area contributed by atoms with Crippen molar-refractivity contribution in [1.29, 1.82) is 0 Å². The van der Waals surface area contributed by atoms with Crippen LogP contribution < -0.4 is 21.3 Å². The third kappa shape index (κ3) is 18.1. The van der Waals surface area contributed by atoms with E-state index in [0.717, 1.165) is 128 Å². The molecule has 124 heavy (non-hydrogen) atoms. The number of nitrogens with one attached hydrogen (secondary N) is 4. The fraction of sp³-hybridized carbons (Fsp3) is 0.370. The molecule has 4 saturated heterocycles. The van der Waals surface area contributed by atoms with Crippen LogP contribution in [-0.2, 0) is 0 Å². The van der Waals surface area contributed by atoms with Gasteiger partial charge in [-0.05, 0) is 246 Å². The number of alkyl halides is 2. The molecule has 0 spiro atoms. The first-order valence-corrected chi connectivity index (χ1v) is 42.1. The number of piperidine rings is 4. The fourth-order valence-corrected chi connectivity index (χ4v) is 19.0. The van der Waals surface area contributed by atoms with E-state index in [-0.39, 0.29) is 77.5 Å². The van der Waals surface area contributed by atoms with E-state index < -0.39 is 6.43 Å². The van der Waals surface area contributed by atoms with Gasteiger partial charge in [0.1, 0.15) is 34.4 Å². The second-order valence-electron chi connectivity index (χ2n) is 33.6.